The van der Waals surface area contributed by atoms with E-state index in [9.17, 15) is 9.59 Å². The quantitative estimate of drug-likeness (QED) is 0.243. The van der Waals surface area contributed by atoms with Crippen molar-refractivity contribution >= 4 is 35.5 Å². The average molecular weight is 443 g/mol. The van der Waals surface area contributed by atoms with E-state index in [1.54, 1.807) is 44.5 Å². The molecule has 1 rings (SSSR count). The molecule has 0 saturated carbocycles. The number of carbonyl (C=O) groups excluding carboxylic acids is 2. The van der Waals surface area contributed by atoms with Gasteiger partial charge in [-0.15, -0.1) is 23.5 Å². The van der Waals surface area contributed by atoms with Gasteiger partial charge in [-0.05, 0) is 30.9 Å². The normalized spacial score (nSPS) is 13.8. The zero-order chi connectivity index (χ0) is 21.9. The second-order valence-electron chi connectivity index (χ2n) is 6.38. The lowest BCUT2D eigenvalue weighted by atomic mass is 9.86. The maximum atomic E-state index is 13.0. The summed E-state index contributed by atoms with van der Waals surface area (Å²) in [5.41, 5.74) is 1.01. The fraction of sp³-hybridized carbons (Fsp3) is 0.636. The van der Waals surface area contributed by atoms with Crippen LogP contribution in [0.1, 0.15) is 46.3 Å². The van der Waals surface area contributed by atoms with E-state index < -0.39 is 21.9 Å². The minimum Gasteiger partial charge on any atom is -0.465 e. The molecule has 0 aliphatic rings. The fourth-order valence-corrected chi connectivity index (χ4v) is 6.98. The Kier molecular flexibility index (Phi) is 11.8. The van der Waals surface area contributed by atoms with Crippen LogP contribution in [-0.2, 0) is 23.8 Å². The first-order valence-corrected chi connectivity index (χ1v) is 12.1. The predicted molar refractivity (Wildman–Crippen MR) is 121 cm³/mol. The van der Waals surface area contributed by atoms with Crippen LogP contribution < -0.4 is 0 Å². The first kappa shape index (κ1) is 25.9. The summed E-state index contributed by atoms with van der Waals surface area (Å²) in [6.07, 6.45) is -0.291. The number of rotatable bonds is 13. The van der Waals surface area contributed by atoms with Gasteiger partial charge in [-0.3, -0.25) is 9.59 Å². The predicted octanol–water partition coefficient (Wildman–Crippen LogP) is 4.96. The van der Waals surface area contributed by atoms with Gasteiger partial charge in [0.15, 0.2) is 5.92 Å². The lowest BCUT2D eigenvalue weighted by Crippen LogP contribution is -2.50. The van der Waals surface area contributed by atoms with Crippen molar-refractivity contribution in [1.82, 2.24) is 0 Å². The molecule has 0 aromatic heterocycles. The van der Waals surface area contributed by atoms with Crippen LogP contribution >= 0.6 is 23.5 Å². The average Bonchev–Trinajstić information content (AvgIpc) is 2.70. The highest BCUT2D eigenvalue weighted by Gasteiger charge is 2.55. The minimum absolute atomic E-state index is 0.177. The Balaban J connectivity index is 3.56. The van der Waals surface area contributed by atoms with Gasteiger partial charge in [-0.1, -0.05) is 51.1 Å². The highest BCUT2D eigenvalue weighted by atomic mass is 32.2. The number of carbonyl (C=O) groups is 2. The number of methoxy groups -OCH3 is 1. The third-order valence-corrected chi connectivity index (χ3v) is 8.06. The largest absolute Gasteiger partial charge is 0.465 e. The Bertz CT molecular complexity index is 599. The number of hydrogen-bond donors (Lipinski definition) is 0. The van der Waals surface area contributed by atoms with Gasteiger partial charge in [0.1, 0.15) is 0 Å². The van der Waals surface area contributed by atoms with Gasteiger partial charge in [0.05, 0.1) is 23.4 Å². The number of thioether (sulfide) groups is 2. The Morgan fingerprint density at radius 1 is 0.931 bits per heavy atom. The SMILES string of the molecule is CCOC(=O)C(C(=O)OCC)C(SCC)(SCC)[C@@H](C)[C@@H](OC)c1ccccc1. The molecule has 0 spiro atoms. The summed E-state index contributed by atoms with van der Waals surface area (Å²) in [6, 6.07) is 9.89. The highest BCUT2D eigenvalue weighted by Crippen LogP contribution is 2.54. The van der Waals surface area contributed by atoms with Gasteiger partial charge in [0, 0.05) is 13.0 Å². The van der Waals surface area contributed by atoms with E-state index in [4.69, 9.17) is 14.2 Å². The van der Waals surface area contributed by atoms with E-state index in [2.05, 4.69) is 0 Å². The third kappa shape index (κ3) is 6.40. The number of esters is 2. The van der Waals surface area contributed by atoms with Gasteiger partial charge in [-0.25, -0.2) is 0 Å². The molecule has 0 aliphatic heterocycles. The van der Waals surface area contributed by atoms with E-state index in [1.165, 1.54) is 0 Å². The minimum atomic E-state index is -1.05. The van der Waals surface area contributed by atoms with Crippen LogP contribution in [0.5, 0.6) is 0 Å². The molecule has 29 heavy (non-hydrogen) atoms. The number of ether oxygens (including phenoxy) is 3. The Labute approximate surface area is 183 Å². The summed E-state index contributed by atoms with van der Waals surface area (Å²) < 4.78 is 15.8. The molecule has 7 heteroatoms. The molecule has 5 nitrogen and oxygen atoms in total. The summed E-state index contributed by atoms with van der Waals surface area (Å²) >= 11 is 3.19. The molecular weight excluding hydrogens is 408 g/mol. The Hall–Kier alpha value is -1.18. The smallest absolute Gasteiger partial charge is 0.322 e. The molecule has 0 bridgehead atoms. The van der Waals surface area contributed by atoms with E-state index >= 15 is 0 Å². The first-order chi connectivity index (χ1) is 13.9. The maximum Gasteiger partial charge on any atom is 0.322 e. The molecule has 0 amide bonds. The van der Waals surface area contributed by atoms with Gasteiger partial charge >= 0.3 is 11.9 Å². The molecular formula is C22H34O5S2. The first-order valence-electron chi connectivity index (χ1n) is 10.1. The molecule has 1 aromatic rings. The number of benzene rings is 1. The molecule has 0 heterocycles. The van der Waals surface area contributed by atoms with Gasteiger partial charge in [0.2, 0.25) is 0 Å². The summed E-state index contributed by atoms with van der Waals surface area (Å²) in [4.78, 5) is 26.0. The van der Waals surface area contributed by atoms with Gasteiger partial charge in [0.25, 0.3) is 0 Å². The highest BCUT2D eigenvalue weighted by molar-refractivity contribution is 8.18. The zero-order valence-corrected chi connectivity index (χ0v) is 19.9. The summed E-state index contributed by atoms with van der Waals surface area (Å²) in [5.74, 6) is -0.835. The summed E-state index contributed by atoms with van der Waals surface area (Å²) in [7, 11) is 1.66. The van der Waals surface area contributed by atoms with Crippen LogP contribution in [0.2, 0.25) is 0 Å². The van der Waals surface area contributed by atoms with Crippen molar-refractivity contribution in [1.29, 1.82) is 0 Å². The second kappa shape index (κ2) is 13.2. The van der Waals surface area contributed by atoms with Gasteiger partial charge in [-0.2, -0.15) is 0 Å². The van der Waals surface area contributed by atoms with Crippen LogP contribution in [0.4, 0.5) is 0 Å². The van der Waals surface area contributed by atoms with Crippen LogP contribution in [0, 0.1) is 11.8 Å². The molecule has 0 unspecified atom stereocenters. The lowest BCUT2D eigenvalue weighted by Gasteiger charge is -2.44. The summed E-state index contributed by atoms with van der Waals surface area (Å²) in [6.45, 7) is 10.00. The maximum absolute atomic E-state index is 13.0. The molecule has 2 atom stereocenters. The second-order valence-corrected chi connectivity index (χ2v) is 9.72. The van der Waals surface area contributed by atoms with Crippen molar-refractivity contribution in [3.05, 3.63) is 35.9 Å². The molecule has 0 aliphatic carbocycles. The zero-order valence-electron chi connectivity index (χ0n) is 18.3. The third-order valence-electron chi connectivity index (χ3n) is 4.66. The van der Waals surface area contributed by atoms with Crippen molar-refractivity contribution in [2.24, 2.45) is 11.8 Å². The summed E-state index contributed by atoms with van der Waals surface area (Å²) in [5, 5.41) is 0. The van der Waals surface area contributed by atoms with Gasteiger partial charge < -0.3 is 14.2 Å². The molecule has 1 aromatic carbocycles. The van der Waals surface area contributed by atoms with Crippen molar-refractivity contribution in [3.8, 4) is 0 Å². The molecule has 0 saturated heterocycles. The standard InChI is InChI=1S/C22H34O5S2/c1-7-26-20(23)18(21(24)27-8-2)22(28-9-3,29-10-4)16(5)19(25-6)17-14-12-11-13-15-17/h11-16,18-19H,7-10H2,1-6H3/t16-,19+/m0/s1. The molecule has 0 radical (unpaired) electrons. The fourth-order valence-electron chi connectivity index (χ4n) is 3.54. The van der Waals surface area contributed by atoms with E-state index in [0.717, 1.165) is 17.1 Å². The van der Waals surface area contributed by atoms with E-state index in [0.29, 0.717) is 0 Å². The van der Waals surface area contributed by atoms with Crippen LogP contribution in [0.25, 0.3) is 0 Å². The van der Waals surface area contributed by atoms with Crippen molar-refractivity contribution < 1.29 is 23.8 Å². The topological polar surface area (TPSA) is 61.8 Å². The molecule has 164 valence electrons. The van der Waals surface area contributed by atoms with Crippen LogP contribution in [0.3, 0.4) is 0 Å². The lowest BCUT2D eigenvalue weighted by molar-refractivity contribution is -0.163. The van der Waals surface area contributed by atoms with Crippen molar-refractivity contribution in [3.63, 3.8) is 0 Å². The van der Waals surface area contributed by atoms with Crippen molar-refractivity contribution in [2.45, 2.75) is 44.8 Å². The van der Waals surface area contributed by atoms with E-state index in [1.807, 2.05) is 51.1 Å². The Morgan fingerprint density at radius 3 is 1.79 bits per heavy atom. The monoisotopic (exact) mass is 442 g/mol. The molecule has 0 N–H and O–H groups in total. The van der Waals surface area contributed by atoms with Crippen molar-refractivity contribution in [2.75, 3.05) is 31.8 Å². The van der Waals surface area contributed by atoms with Crippen LogP contribution in [0.15, 0.2) is 30.3 Å². The number of hydrogen-bond acceptors (Lipinski definition) is 7. The molecule has 0 fully saturated rings. The van der Waals surface area contributed by atoms with E-state index in [-0.39, 0.29) is 25.2 Å². The Morgan fingerprint density at radius 2 is 1.41 bits per heavy atom. The van der Waals surface area contributed by atoms with Crippen LogP contribution in [-0.4, -0.2) is 47.8 Å².